The fourth-order valence-electron chi connectivity index (χ4n) is 1.98. The fourth-order valence-corrected chi connectivity index (χ4v) is 1.98. The molecule has 1 unspecified atom stereocenters. The molecule has 2 N–H and O–H groups in total. The van der Waals surface area contributed by atoms with Gasteiger partial charge in [0.05, 0.1) is 12.2 Å². The molecular formula is C14H22N4. The van der Waals surface area contributed by atoms with E-state index >= 15 is 0 Å². The lowest BCUT2D eigenvalue weighted by Crippen LogP contribution is -2.06. The fraction of sp³-hybridized carbons (Fsp3) is 0.500. The Bertz CT molecular complexity index is 483. The van der Waals surface area contributed by atoms with Crippen LogP contribution in [0.5, 0.6) is 0 Å². The molecule has 4 nitrogen and oxygen atoms in total. The van der Waals surface area contributed by atoms with Crippen molar-refractivity contribution in [2.24, 2.45) is 5.73 Å². The van der Waals surface area contributed by atoms with Crippen molar-refractivity contribution in [3.8, 4) is 0 Å². The molecule has 0 amide bonds. The van der Waals surface area contributed by atoms with E-state index < -0.39 is 0 Å². The lowest BCUT2D eigenvalue weighted by molar-refractivity contribution is 0.472. The largest absolute Gasteiger partial charge is 0.348 e. The summed E-state index contributed by atoms with van der Waals surface area (Å²) >= 11 is 0. The first kappa shape index (κ1) is 12.9. The van der Waals surface area contributed by atoms with Gasteiger partial charge >= 0.3 is 0 Å². The quantitative estimate of drug-likeness (QED) is 0.849. The predicted molar refractivity (Wildman–Crippen MR) is 73.5 cm³/mol. The zero-order chi connectivity index (χ0) is 13.0. The maximum Gasteiger partial charge on any atom is 0.0821 e. The summed E-state index contributed by atoms with van der Waals surface area (Å²) in [6, 6.07) is 4.68. The summed E-state index contributed by atoms with van der Waals surface area (Å²) in [5, 5.41) is 4.60. The van der Waals surface area contributed by atoms with Gasteiger partial charge in [-0.1, -0.05) is 6.92 Å². The Morgan fingerprint density at radius 2 is 2.17 bits per heavy atom. The van der Waals surface area contributed by atoms with Gasteiger partial charge in [0.15, 0.2) is 0 Å². The van der Waals surface area contributed by atoms with Crippen molar-refractivity contribution >= 4 is 0 Å². The summed E-state index contributed by atoms with van der Waals surface area (Å²) in [6.45, 7) is 5.89. The minimum Gasteiger partial charge on any atom is -0.348 e. The van der Waals surface area contributed by atoms with Gasteiger partial charge in [-0.15, -0.1) is 0 Å². The molecule has 0 aromatic carbocycles. The SMILES string of the molecule is CCC(C)n1ccc(Cn2ccc(CCN)c2)n1. The minimum atomic E-state index is 0.469. The molecule has 2 aromatic heterocycles. The monoisotopic (exact) mass is 246 g/mol. The highest BCUT2D eigenvalue weighted by Crippen LogP contribution is 2.10. The maximum atomic E-state index is 5.55. The Kier molecular flexibility index (Phi) is 4.20. The second-order valence-electron chi connectivity index (χ2n) is 4.78. The van der Waals surface area contributed by atoms with E-state index in [4.69, 9.17) is 5.73 Å². The van der Waals surface area contributed by atoms with Crippen molar-refractivity contribution in [1.29, 1.82) is 0 Å². The Balaban J connectivity index is 2.01. The van der Waals surface area contributed by atoms with Crippen LogP contribution in [-0.4, -0.2) is 20.9 Å². The van der Waals surface area contributed by atoms with E-state index in [0.717, 1.165) is 25.1 Å². The molecule has 1 atom stereocenters. The van der Waals surface area contributed by atoms with Gasteiger partial charge in [0.2, 0.25) is 0 Å². The molecule has 0 saturated heterocycles. The lowest BCUT2D eigenvalue weighted by atomic mass is 10.2. The first-order valence-corrected chi connectivity index (χ1v) is 6.61. The van der Waals surface area contributed by atoms with Crippen LogP contribution in [0.15, 0.2) is 30.7 Å². The van der Waals surface area contributed by atoms with Crippen LogP contribution in [0.3, 0.4) is 0 Å². The number of rotatable bonds is 6. The van der Waals surface area contributed by atoms with Crippen LogP contribution in [-0.2, 0) is 13.0 Å². The van der Waals surface area contributed by atoms with Gasteiger partial charge in [-0.05, 0) is 44.0 Å². The summed E-state index contributed by atoms with van der Waals surface area (Å²) < 4.78 is 4.20. The molecule has 0 bridgehead atoms. The molecule has 0 aliphatic carbocycles. The van der Waals surface area contributed by atoms with E-state index in [1.54, 1.807) is 0 Å². The van der Waals surface area contributed by atoms with Crippen LogP contribution in [0.1, 0.15) is 37.6 Å². The highest BCUT2D eigenvalue weighted by Gasteiger charge is 2.05. The molecule has 0 aliphatic rings. The summed E-state index contributed by atoms with van der Waals surface area (Å²) in [5.74, 6) is 0. The molecule has 0 spiro atoms. The summed E-state index contributed by atoms with van der Waals surface area (Å²) in [5.41, 5.74) is 7.94. The second kappa shape index (κ2) is 5.87. The standard InChI is InChI=1S/C14H22N4/c1-3-12(2)18-9-6-14(16-18)11-17-8-5-13(10-17)4-7-15/h5-6,8-10,12H,3-4,7,11,15H2,1-2H3. The molecule has 2 rings (SSSR count). The average Bonchev–Trinajstić information content (AvgIpc) is 2.99. The van der Waals surface area contributed by atoms with E-state index in [-0.39, 0.29) is 0 Å². The smallest absolute Gasteiger partial charge is 0.0821 e. The first-order chi connectivity index (χ1) is 8.72. The van der Waals surface area contributed by atoms with Gasteiger partial charge in [-0.25, -0.2) is 0 Å². The second-order valence-corrected chi connectivity index (χ2v) is 4.78. The number of hydrogen-bond acceptors (Lipinski definition) is 2. The highest BCUT2D eigenvalue weighted by molar-refractivity contribution is 5.12. The van der Waals surface area contributed by atoms with Gasteiger partial charge in [-0.2, -0.15) is 5.10 Å². The predicted octanol–water partition coefficient (Wildman–Crippen LogP) is 2.21. The lowest BCUT2D eigenvalue weighted by Gasteiger charge is -2.08. The number of nitrogens with zero attached hydrogens (tertiary/aromatic N) is 3. The van der Waals surface area contributed by atoms with Gasteiger partial charge in [0, 0.05) is 24.6 Å². The van der Waals surface area contributed by atoms with Crippen LogP contribution >= 0.6 is 0 Å². The highest BCUT2D eigenvalue weighted by atomic mass is 15.3. The summed E-state index contributed by atoms with van der Waals surface area (Å²) in [4.78, 5) is 0. The summed E-state index contributed by atoms with van der Waals surface area (Å²) in [6.07, 6.45) is 8.34. The Morgan fingerprint density at radius 1 is 1.33 bits per heavy atom. The van der Waals surface area contributed by atoms with Crippen LogP contribution in [0, 0.1) is 0 Å². The van der Waals surface area contributed by atoms with Crippen LogP contribution < -0.4 is 5.73 Å². The maximum absolute atomic E-state index is 5.55. The van der Waals surface area contributed by atoms with Gasteiger partial charge in [0.25, 0.3) is 0 Å². The normalized spacial score (nSPS) is 12.8. The topological polar surface area (TPSA) is 48.8 Å². The van der Waals surface area contributed by atoms with E-state index in [1.165, 1.54) is 5.56 Å². The molecule has 0 radical (unpaired) electrons. The number of nitrogens with two attached hydrogens (primary N) is 1. The molecule has 98 valence electrons. The third-order valence-electron chi connectivity index (χ3n) is 3.30. The molecule has 2 aromatic rings. The number of hydrogen-bond donors (Lipinski definition) is 1. The van der Waals surface area contributed by atoms with E-state index in [9.17, 15) is 0 Å². The molecule has 18 heavy (non-hydrogen) atoms. The van der Waals surface area contributed by atoms with Crippen molar-refractivity contribution < 1.29 is 0 Å². The molecule has 4 heteroatoms. The van der Waals surface area contributed by atoms with Gasteiger partial charge in [0.1, 0.15) is 0 Å². The Labute approximate surface area is 108 Å². The van der Waals surface area contributed by atoms with E-state index in [1.807, 2.05) is 4.68 Å². The Hall–Kier alpha value is -1.55. The van der Waals surface area contributed by atoms with Crippen molar-refractivity contribution in [2.45, 2.75) is 39.3 Å². The van der Waals surface area contributed by atoms with E-state index in [0.29, 0.717) is 12.6 Å². The summed E-state index contributed by atoms with van der Waals surface area (Å²) in [7, 11) is 0. The third kappa shape index (κ3) is 3.01. The zero-order valence-electron chi connectivity index (χ0n) is 11.2. The average molecular weight is 246 g/mol. The Morgan fingerprint density at radius 3 is 2.89 bits per heavy atom. The molecular weight excluding hydrogens is 224 g/mol. The third-order valence-corrected chi connectivity index (χ3v) is 3.30. The minimum absolute atomic E-state index is 0.469. The van der Waals surface area contributed by atoms with Crippen LogP contribution in [0.2, 0.25) is 0 Å². The van der Waals surface area contributed by atoms with E-state index in [2.05, 4.69) is 54.2 Å². The molecule has 0 fully saturated rings. The molecule has 0 saturated carbocycles. The van der Waals surface area contributed by atoms with Crippen molar-refractivity contribution in [3.63, 3.8) is 0 Å². The molecule has 0 aliphatic heterocycles. The van der Waals surface area contributed by atoms with Crippen molar-refractivity contribution in [1.82, 2.24) is 14.3 Å². The number of aromatic nitrogens is 3. The zero-order valence-corrected chi connectivity index (χ0v) is 11.2. The van der Waals surface area contributed by atoms with Crippen molar-refractivity contribution in [2.75, 3.05) is 6.54 Å². The van der Waals surface area contributed by atoms with Crippen LogP contribution in [0.25, 0.3) is 0 Å². The van der Waals surface area contributed by atoms with Crippen LogP contribution in [0.4, 0.5) is 0 Å². The van der Waals surface area contributed by atoms with Gasteiger partial charge in [-0.3, -0.25) is 4.68 Å². The first-order valence-electron chi connectivity index (χ1n) is 6.61. The van der Waals surface area contributed by atoms with Crippen molar-refractivity contribution in [3.05, 3.63) is 42.0 Å². The molecule has 2 heterocycles. The van der Waals surface area contributed by atoms with Gasteiger partial charge < -0.3 is 10.3 Å².